The minimum absolute atomic E-state index is 0. The third-order valence-electron chi connectivity index (χ3n) is 4.22. The van der Waals surface area contributed by atoms with E-state index in [1.54, 1.807) is 12.3 Å². The number of pyridine rings is 1. The summed E-state index contributed by atoms with van der Waals surface area (Å²) in [6.07, 6.45) is 3.67. The van der Waals surface area contributed by atoms with Gasteiger partial charge in [0, 0.05) is 32.7 Å². The highest BCUT2D eigenvalue weighted by molar-refractivity contribution is 6.29. The lowest BCUT2D eigenvalue weighted by atomic mass is 10.1. The maximum atomic E-state index is 5.75. The van der Waals surface area contributed by atoms with Crippen LogP contribution in [0.5, 0.6) is 5.75 Å². The lowest BCUT2D eigenvalue weighted by Gasteiger charge is -2.27. The summed E-state index contributed by atoms with van der Waals surface area (Å²) in [6.45, 7) is 6.21. The smallest absolute Gasteiger partial charge is 0.137 e. The minimum Gasteiger partial charge on any atom is -0.492 e. The third kappa shape index (κ3) is 7.68. The van der Waals surface area contributed by atoms with Crippen LogP contribution in [0.25, 0.3) is 0 Å². The van der Waals surface area contributed by atoms with Gasteiger partial charge in [-0.3, -0.25) is 4.90 Å². The normalized spacial score (nSPS) is 14.2. The maximum Gasteiger partial charge on any atom is 0.137 e. The van der Waals surface area contributed by atoms with E-state index in [1.807, 2.05) is 6.07 Å². The van der Waals surface area contributed by atoms with Crippen molar-refractivity contribution in [3.8, 4) is 5.75 Å². The summed E-state index contributed by atoms with van der Waals surface area (Å²) < 4.78 is 5.67. The summed E-state index contributed by atoms with van der Waals surface area (Å²) in [5.74, 6) is 0.769. The van der Waals surface area contributed by atoms with Crippen LogP contribution in [0.2, 0.25) is 5.15 Å². The Balaban J connectivity index is 0.00000169. The zero-order valence-electron chi connectivity index (χ0n) is 14.7. The summed E-state index contributed by atoms with van der Waals surface area (Å²) in [5.41, 5.74) is 2.75. The van der Waals surface area contributed by atoms with E-state index in [0.717, 1.165) is 51.3 Å². The fraction of sp³-hybridized carbons (Fsp3) is 0.421. The van der Waals surface area contributed by atoms with Gasteiger partial charge in [-0.05, 0) is 36.1 Å². The summed E-state index contributed by atoms with van der Waals surface area (Å²) in [6, 6.07) is 12.6. The molecule has 0 radical (unpaired) electrons. The largest absolute Gasteiger partial charge is 0.492 e. The number of rotatable bonds is 7. The van der Waals surface area contributed by atoms with Crippen molar-refractivity contribution in [2.45, 2.75) is 19.4 Å². The van der Waals surface area contributed by atoms with Gasteiger partial charge in [0.2, 0.25) is 0 Å². The Hall–Kier alpha value is -1.04. The Morgan fingerprint density at radius 2 is 1.69 bits per heavy atom. The van der Waals surface area contributed by atoms with E-state index in [0.29, 0.717) is 11.8 Å². The van der Waals surface area contributed by atoms with Gasteiger partial charge in [0.15, 0.2) is 0 Å². The quantitative estimate of drug-likeness (QED) is 0.545. The number of ether oxygens (including phenoxy) is 1. The molecule has 1 fully saturated rings. The minimum atomic E-state index is 0. The molecule has 3 rings (SSSR count). The second-order valence-corrected chi connectivity index (χ2v) is 6.50. The van der Waals surface area contributed by atoms with Crippen molar-refractivity contribution in [3.05, 3.63) is 58.9 Å². The van der Waals surface area contributed by atoms with Gasteiger partial charge >= 0.3 is 0 Å². The SMILES string of the molecule is Cl.Cl.Clc1ccc(OCCCc2ccc(CN3CCNCC3)cc2)cn1. The lowest BCUT2D eigenvalue weighted by molar-refractivity contribution is 0.233. The van der Waals surface area contributed by atoms with Gasteiger partial charge in [-0.15, -0.1) is 24.8 Å². The van der Waals surface area contributed by atoms with Crippen molar-refractivity contribution in [1.82, 2.24) is 15.2 Å². The molecule has 0 atom stereocenters. The van der Waals surface area contributed by atoms with Gasteiger partial charge in [0.1, 0.15) is 10.9 Å². The molecule has 0 spiro atoms. The van der Waals surface area contributed by atoms with Crippen molar-refractivity contribution in [3.63, 3.8) is 0 Å². The molecule has 26 heavy (non-hydrogen) atoms. The fourth-order valence-corrected chi connectivity index (χ4v) is 2.96. The standard InChI is InChI=1S/C19H24ClN3O.2ClH/c20-19-8-7-18(14-22-19)24-13-1-2-16-3-5-17(6-4-16)15-23-11-9-21-10-12-23;;/h3-8,14,21H,1-2,9-13,15H2;2*1H. The van der Waals surface area contributed by atoms with Crippen molar-refractivity contribution in [2.75, 3.05) is 32.8 Å². The van der Waals surface area contributed by atoms with E-state index >= 15 is 0 Å². The van der Waals surface area contributed by atoms with E-state index in [-0.39, 0.29) is 24.8 Å². The van der Waals surface area contributed by atoms with Crippen LogP contribution in [0, 0.1) is 0 Å². The van der Waals surface area contributed by atoms with Crippen LogP contribution in [0.1, 0.15) is 17.5 Å². The Morgan fingerprint density at radius 1 is 1.00 bits per heavy atom. The van der Waals surface area contributed by atoms with Crippen molar-refractivity contribution in [2.24, 2.45) is 0 Å². The zero-order valence-corrected chi connectivity index (χ0v) is 17.1. The second kappa shape index (κ2) is 12.4. The molecule has 7 heteroatoms. The van der Waals surface area contributed by atoms with Gasteiger partial charge in [-0.1, -0.05) is 35.9 Å². The first kappa shape index (κ1) is 23.0. The topological polar surface area (TPSA) is 37.4 Å². The number of piperazine rings is 1. The third-order valence-corrected chi connectivity index (χ3v) is 4.44. The Kier molecular flexibility index (Phi) is 10.9. The first-order valence-corrected chi connectivity index (χ1v) is 8.93. The van der Waals surface area contributed by atoms with Crippen LogP contribution < -0.4 is 10.1 Å². The average molecular weight is 419 g/mol. The monoisotopic (exact) mass is 417 g/mol. The van der Waals surface area contributed by atoms with E-state index in [9.17, 15) is 0 Å². The molecule has 4 nitrogen and oxygen atoms in total. The molecule has 0 unspecified atom stereocenters. The number of aryl methyl sites for hydroxylation is 1. The predicted molar refractivity (Wildman–Crippen MR) is 112 cm³/mol. The van der Waals surface area contributed by atoms with Gasteiger partial charge in [0.25, 0.3) is 0 Å². The number of nitrogens with one attached hydrogen (secondary N) is 1. The average Bonchev–Trinajstić information content (AvgIpc) is 2.62. The number of halogens is 3. The molecule has 0 aliphatic carbocycles. The molecule has 1 aliphatic rings. The highest BCUT2D eigenvalue weighted by atomic mass is 35.5. The molecular weight excluding hydrogens is 393 g/mol. The Labute approximate surface area is 173 Å². The van der Waals surface area contributed by atoms with E-state index in [2.05, 4.69) is 39.5 Å². The number of nitrogens with zero attached hydrogens (tertiary/aromatic N) is 2. The summed E-state index contributed by atoms with van der Waals surface area (Å²) >= 11 is 5.75. The molecule has 144 valence electrons. The summed E-state index contributed by atoms with van der Waals surface area (Å²) in [7, 11) is 0. The number of hydrogen-bond acceptors (Lipinski definition) is 4. The lowest BCUT2D eigenvalue weighted by Crippen LogP contribution is -2.42. The molecule has 2 heterocycles. The molecule has 2 aromatic rings. The van der Waals surface area contributed by atoms with Gasteiger partial charge in [-0.2, -0.15) is 0 Å². The Bertz CT molecular complexity index is 617. The summed E-state index contributed by atoms with van der Waals surface area (Å²) in [4.78, 5) is 6.51. The molecule has 1 N–H and O–H groups in total. The van der Waals surface area contributed by atoms with Crippen LogP contribution in [0.3, 0.4) is 0 Å². The molecule has 0 bridgehead atoms. The van der Waals surface area contributed by atoms with Crippen LogP contribution in [0.4, 0.5) is 0 Å². The van der Waals surface area contributed by atoms with Crippen LogP contribution in [-0.2, 0) is 13.0 Å². The van der Waals surface area contributed by atoms with E-state index in [4.69, 9.17) is 16.3 Å². The van der Waals surface area contributed by atoms with Crippen LogP contribution in [-0.4, -0.2) is 42.7 Å². The fourth-order valence-electron chi connectivity index (χ4n) is 2.85. The van der Waals surface area contributed by atoms with Gasteiger partial charge in [-0.25, -0.2) is 4.98 Å². The van der Waals surface area contributed by atoms with Crippen LogP contribution in [0.15, 0.2) is 42.6 Å². The molecule has 0 saturated carbocycles. The number of aromatic nitrogens is 1. The number of benzene rings is 1. The van der Waals surface area contributed by atoms with Crippen molar-refractivity contribution < 1.29 is 4.74 Å². The van der Waals surface area contributed by atoms with E-state index in [1.165, 1.54) is 11.1 Å². The maximum absolute atomic E-state index is 5.75. The van der Waals surface area contributed by atoms with Crippen molar-refractivity contribution >= 4 is 36.4 Å². The van der Waals surface area contributed by atoms with Crippen LogP contribution >= 0.6 is 36.4 Å². The molecule has 0 amide bonds. The first-order valence-electron chi connectivity index (χ1n) is 8.55. The molecule has 1 saturated heterocycles. The molecular formula is C19H26Cl3N3O. The highest BCUT2D eigenvalue weighted by Crippen LogP contribution is 2.13. The van der Waals surface area contributed by atoms with E-state index < -0.39 is 0 Å². The molecule has 1 aliphatic heterocycles. The zero-order chi connectivity index (χ0) is 16.6. The van der Waals surface area contributed by atoms with Gasteiger partial charge in [0.05, 0.1) is 12.8 Å². The highest BCUT2D eigenvalue weighted by Gasteiger charge is 2.09. The first-order chi connectivity index (χ1) is 11.8. The summed E-state index contributed by atoms with van der Waals surface area (Å²) in [5, 5.41) is 3.88. The number of hydrogen-bond donors (Lipinski definition) is 1. The Morgan fingerprint density at radius 3 is 2.35 bits per heavy atom. The second-order valence-electron chi connectivity index (χ2n) is 6.11. The van der Waals surface area contributed by atoms with Gasteiger partial charge < -0.3 is 10.1 Å². The van der Waals surface area contributed by atoms with Crippen molar-refractivity contribution in [1.29, 1.82) is 0 Å². The molecule has 1 aromatic carbocycles. The molecule has 1 aromatic heterocycles. The predicted octanol–water partition coefficient (Wildman–Crippen LogP) is 4.00.